The lowest BCUT2D eigenvalue weighted by atomic mass is 9.73. The molecule has 0 atom stereocenters. The SMILES string of the molecule is C=CC(=O)OCCCCOc1ccc(/C=C/C(=O)Oc2ccc(C(c3ccc(OC(=O)/C=C/c4ccc(OCCCCOC(=O)C=C)cc4)cc3)(C(F)(F)F)C(F)(F)F)cc2)cc1. The Balaban J connectivity index is 1.34. The van der Waals surface area contributed by atoms with Crippen LogP contribution in [0.1, 0.15) is 47.9 Å². The van der Waals surface area contributed by atoms with Crippen LogP contribution in [0.3, 0.4) is 0 Å². The molecule has 0 saturated heterocycles. The van der Waals surface area contributed by atoms with Crippen molar-refractivity contribution in [1.82, 2.24) is 0 Å². The van der Waals surface area contributed by atoms with Crippen LogP contribution in [-0.2, 0) is 34.1 Å². The summed E-state index contributed by atoms with van der Waals surface area (Å²) in [7, 11) is 0. The van der Waals surface area contributed by atoms with Crippen LogP contribution in [0.15, 0.2) is 135 Å². The predicted octanol–water partition coefficient (Wildman–Crippen LogP) is 10.1. The maximum Gasteiger partial charge on any atom is 0.411 e. The molecule has 10 nitrogen and oxygen atoms in total. The van der Waals surface area contributed by atoms with E-state index in [1.54, 1.807) is 48.5 Å². The number of unbranched alkanes of at least 4 members (excludes halogenated alkanes) is 2. The second-order valence-electron chi connectivity index (χ2n) is 13.3. The Bertz CT molecular complexity index is 2050. The average Bonchev–Trinajstić information content (AvgIpc) is 3.25. The fourth-order valence-corrected chi connectivity index (χ4v) is 5.76. The van der Waals surface area contributed by atoms with Crippen molar-refractivity contribution in [2.45, 2.75) is 43.5 Å². The predicted molar refractivity (Wildman–Crippen MR) is 220 cm³/mol. The van der Waals surface area contributed by atoms with Gasteiger partial charge in [-0.25, -0.2) is 19.2 Å². The fraction of sp³-hybridized carbons (Fsp3) is 0.234. The molecule has 0 bridgehead atoms. The summed E-state index contributed by atoms with van der Waals surface area (Å²) in [5, 5.41) is 0. The van der Waals surface area contributed by atoms with Crippen molar-refractivity contribution in [3.8, 4) is 23.0 Å². The highest BCUT2D eigenvalue weighted by Crippen LogP contribution is 2.56. The van der Waals surface area contributed by atoms with Crippen molar-refractivity contribution < 1.29 is 73.9 Å². The lowest BCUT2D eigenvalue weighted by Crippen LogP contribution is -2.54. The van der Waals surface area contributed by atoms with Gasteiger partial charge in [-0.1, -0.05) is 61.7 Å². The van der Waals surface area contributed by atoms with Gasteiger partial charge in [0, 0.05) is 24.3 Å². The Hall–Kier alpha value is -7.10. The van der Waals surface area contributed by atoms with Gasteiger partial charge in [-0.2, -0.15) is 26.3 Å². The summed E-state index contributed by atoms with van der Waals surface area (Å²) >= 11 is 0. The number of carbonyl (C=O) groups is 4. The van der Waals surface area contributed by atoms with Gasteiger partial charge in [-0.3, -0.25) is 0 Å². The highest BCUT2D eigenvalue weighted by molar-refractivity contribution is 5.89. The van der Waals surface area contributed by atoms with Crippen LogP contribution < -0.4 is 18.9 Å². The summed E-state index contributed by atoms with van der Waals surface area (Å²) in [6.45, 7) is 7.81. The third-order valence-corrected chi connectivity index (χ3v) is 8.88. The van der Waals surface area contributed by atoms with Crippen LogP contribution in [0.25, 0.3) is 12.2 Å². The van der Waals surface area contributed by atoms with Crippen LogP contribution >= 0.6 is 0 Å². The van der Waals surface area contributed by atoms with Gasteiger partial charge in [0.15, 0.2) is 0 Å². The largest absolute Gasteiger partial charge is 0.494 e. The zero-order valence-corrected chi connectivity index (χ0v) is 33.6. The topological polar surface area (TPSA) is 124 Å². The van der Waals surface area contributed by atoms with E-state index in [1.165, 1.54) is 12.2 Å². The van der Waals surface area contributed by atoms with Gasteiger partial charge in [0.2, 0.25) is 5.41 Å². The van der Waals surface area contributed by atoms with Gasteiger partial charge in [0.25, 0.3) is 0 Å². The lowest BCUT2D eigenvalue weighted by molar-refractivity contribution is -0.288. The second-order valence-corrected chi connectivity index (χ2v) is 13.3. The smallest absolute Gasteiger partial charge is 0.411 e. The number of halogens is 6. The van der Waals surface area contributed by atoms with Crippen molar-refractivity contribution in [3.05, 3.63) is 157 Å². The molecule has 0 aliphatic rings. The van der Waals surface area contributed by atoms with E-state index in [1.807, 2.05) is 0 Å². The van der Waals surface area contributed by atoms with E-state index < -0.39 is 52.8 Å². The molecule has 0 spiro atoms. The highest BCUT2D eigenvalue weighted by atomic mass is 19.4. The van der Waals surface area contributed by atoms with Crippen molar-refractivity contribution in [3.63, 3.8) is 0 Å². The van der Waals surface area contributed by atoms with Crippen LogP contribution in [0, 0.1) is 0 Å². The normalized spacial score (nSPS) is 11.8. The summed E-state index contributed by atoms with van der Waals surface area (Å²) in [6.07, 6.45) is -2.41. The molecule has 0 unspecified atom stereocenters. The number of esters is 4. The molecule has 0 fully saturated rings. The summed E-state index contributed by atoms with van der Waals surface area (Å²) < 4.78 is 120. The maximum absolute atomic E-state index is 14.8. The fourth-order valence-electron chi connectivity index (χ4n) is 5.76. The Kier molecular flexibility index (Phi) is 17.9. The third-order valence-electron chi connectivity index (χ3n) is 8.88. The maximum atomic E-state index is 14.8. The number of alkyl halides is 6. The van der Waals surface area contributed by atoms with Crippen LogP contribution in [-0.4, -0.2) is 62.7 Å². The van der Waals surface area contributed by atoms with E-state index in [0.29, 0.717) is 85.8 Å². The third kappa shape index (κ3) is 14.5. The molecular formula is C47H42F6O10. The van der Waals surface area contributed by atoms with E-state index in [0.717, 1.165) is 48.6 Å². The molecule has 0 aromatic heterocycles. The molecule has 0 aliphatic carbocycles. The molecule has 4 rings (SSSR count). The summed E-state index contributed by atoms with van der Waals surface area (Å²) in [5.41, 5.74) is -5.79. The quantitative estimate of drug-likeness (QED) is 0.0248. The molecule has 16 heteroatoms. The Morgan fingerprint density at radius 2 is 0.762 bits per heavy atom. The van der Waals surface area contributed by atoms with E-state index in [2.05, 4.69) is 13.2 Å². The first-order chi connectivity index (χ1) is 30.0. The molecule has 4 aromatic carbocycles. The zero-order valence-electron chi connectivity index (χ0n) is 33.6. The molecule has 0 aliphatic heterocycles. The van der Waals surface area contributed by atoms with E-state index in [9.17, 15) is 45.5 Å². The molecule has 0 saturated carbocycles. The summed E-state index contributed by atoms with van der Waals surface area (Å²) in [5.74, 6) is -2.46. The number of hydrogen-bond donors (Lipinski definition) is 0. The molecular weight excluding hydrogens is 838 g/mol. The van der Waals surface area contributed by atoms with Crippen molar-refractivity contribution >= 4 is 36.0 Å². The van der Waals surface area contributed by atoms with Gasteiger partial charge in [0.1, 0.15) is 23.0 Å². The average molecular weight is 881 g/mol. The van der Waals surface area contributed by atoms with Crippen LogP contribution in [0.2, 0.25) is 0 Å². The van der Waals surface area contributed by atoms with Crippen molar-refractivity contribution in [1.29, 1.82) is 0 Å². The highest BCUT2D eigenvalue weighted by Gasteiger charge is 2.72. The standard InChI is InChI=1S/C47H42F6O10/c1-3-41(54)60-31-7-5-29-58-37-19-9-33(10-20-37)13-27-43(56)62-39-23-15-35(16-24-39)45(46(48,49)50,47(51,52)53)36-17-25-40(26-18-36)63-44(57)28-14-34-11-21-38(22-12-34)59-30-6-8-32-61-42(55)4-2/h3-4,9-28H,1-2,5-8,29-32H2/b27-13+,28-14+. The number of benzene rings is 4. The van der Waals surface area contributed by atoms with Gasteiger partial charge < -0.3 is 28.4 Å². The summed E-state index contributed by atoms with van der Waals surface area (Å²) in [6, 6.07) is 18.7. The number of carbonyl (C=O) groups excluding carboxylic acids is 4. The zero-order chi connectivity index (χ0) is 45.9. The first-order valence-electron chi connectivity index (χ1n) is 19.2. The second kappa shape index (κ2) is 23.2. The van der Waals surface area contributed by atoms with Gasteiger partial charge in [-0.05, 0) is 109 Å². The Labute approximate surface area is 359 Å². The first-order valence-corrected chi connectivity index (χ1v) is 19.2. The molecule has 332 valence electrons. The van der Waals surface area contributed by atoms with Crippen molar-refractivity contribution in [2.75, 3.05) is 26.4 Å². The monoisotopic (exact) mass is 880 g/mol. The minimum absolute atomic E-state index is 0.232. The van der Waals surface area contributed by atoms with Gasteiger partial charge >= 0.3 is 36.2 Å². The van der Waals surface area contributed by atoms with Crippen molar-refractivity contribution in [2.24, 2.45) is 0 Å². The first kappa shape index (κ1) is 48.6. The lowest BCUT2D eigenvalue weighted by Gasteiger charge is -2.38. The van der Waals surface area contributed by atoms with E-state index in [-0.39, 0.29) is 24.7 Å². The van der Waals surface area contributed by atoms with E-state index >= 15 is 0 Å². The minimum atomic E-state index is -5.90. The Morgan fingerprint density at radius 3 is 1.08 bits per heavy atom. The minimum Gasteiger partial charge on any atom is -0.494 e. The summed E-state index contributed by atoms with van der Waals surface area (Å²) in [4.78, 5) is 47.1. The number of rotatable bonds is 22. The van der Waals surface area contributed by atoms with Crippen LogP contribution in [0.5, 0.6) is 23.0 Å². The van der Waals surface area contributed by atoms with Gasteiger partial charge in [0.05, 0.1) is 26.4 Å². The number of ether oxygens (including phenoxy) is 6. The van der Waals surface area contributed by atoms with E-state index in [4.69, 9.17) is 28.4 Å². The molecule has 0 N–H and O–H groups in total. The molecule has 4 aromatic rings. The van der Waals surface area contributed by atoms with Gasteiger partial charge in [-0.15, -0.1) is 0 Å². The Morgan fingerprint density at radius 1 is 0.444 bits per heavy atom. The molecule has 0 heterocycles. The molecule has 63 heavy (non-hydrogen) atoms. The molecule has 0 amide bonds. The number of hydrogen-bond acceptors (Lipinski definition) is 10. The van der Waals surface area contributed by atoms with Crippen LogP contribution in [0.4, 0.5) is 26.3 Å². The molecule has 0 radical (unpaired) electrons.